The Morgan fingerprint density at radius 2 is 1.52 bits per heavy atom. The molecule has 0 fully saturated rings. The highest BCUT2D eigenvalue weighted by molar-refractivity contribution is 6.12. The highest BCUT2D eigenvalue weighted by Crippen LogP contribution is 2.28. The molecule has 4 rings (SSSR count). The number of hydrogen-bond acceptors (Lipinski definition) is 8. The molecule has 2 amide bonds. The Labute approximate surface area is 255 Å². The Balaban J connectivity index is 1.28. The molecule has 0 radical (unpaired) electrons. The zero-order valence-corrected chi connectivity index (χ0v) is 24.4. The van der Waals surface area contributed by atoms with Crippen LogP contribution in [0.25, 0.3) is 17.2 Å². The van der Waals surface area contributed by atoms with E-state index in [2.05, 4.69) is 13.5 Å². The summed E-state index contributed by atoms with van der Waals surface area (Å²) in [5.74, 6) is -0.288. The van der Waals surface area contributed by atoms with Gasteiger partial charge in [0.15, 0.2) is 5.78 Å². The second kappa shape index (κ2) is 15.3. The third kappa shape index (κ3) is 8.39. The van der Waals surface area contributed by atoms with Crippen LogP contribution in [0, 0.1) is 0 Å². The summed E-state index contributed by atoms with van der Waals surface area (Å²) in [5, 5.41) is 8.86. The first-order valence-electron chi connectivity index (χ1n) is 14.1. The maximum Gasteiger partial charge on any atom is 0.335 e. The highest BCUT2D eigenvalue weighted by Gasteiger charge is 2.22. The van der Waals surface area contributed by atoms with E-state index in [4.69, 9.17) is 19.3 Å². The van der Waals surface area contributed by atoms with Crippen molar-refractivity contribution in [2.45, 2.75) is 13.3 Å². The first kappa shape index (κ1) is 31.7. The lowest BCUT2D eigenvalue weighted by molar-refractivity contribution is -0.140. The number of carbonyl (C=O) groups excluding carboxylic acids is 4. The zero-order chi connectivity index (χ0) is 31.5. The standard InChI is InChI=1S/C35H33NO8/c1-3-26-22-30(42-19-18-36-33(39)16-17-34(36)40)13-14-31(26)27-7-4-25(5-8-27)6-15-32(38)28-9-11-29(12-10-28)43-20-21-44-35(41)24(2)23-37/h4-17,22,37H,2-3,18-21,23H2,1H3/b15-6+. The van der Waals surface area contributed by atoms with Crippen LogP contribution in [0.15, 0.2) is 97.1 Å². The van der Waals surface area contributed by atoms with Crippen molar-refractivity contribution in [3.05, 3.63) is 114 Å². The third-order valence-corrected chi connectivity index (χ3v) is 6.79. The number of imide groups is 1. The molecular formula is C35H33NO8. The molecule has 0 saturated carbocycles. The van der Waals surface area contributed by atoms with Crippen LogP contribution in [0.4, 0.5) is 0 Å². The molecule has 1 aliphatic rings. The van der Waals surface area contributed by atoms with Gasteiger partial charge in [-0.15, -0.1) is 0 Å². The monoisotopic (exact) mass is 595 g/mol. The molecule has 0 saturated heterocycles. The van der Waals surface area contributed by atoms with Crippen molar-refractivity contribution >= 4 is 29.6 Å². The maximum absolute atomic E-state index is 12.7. The summed E-state index contributed by atoms with van der Waals surface area (Å²) < 4.78 is 16.2. The molecule has 9 heteroatoms. The van der Waals surface area contributed by atoms with Crippen molar-refractivity contribution in [1.82, 2.24) is 4.90 Å². The van der Waals surface area contributed by atoms with Crippen LogP contribution in [0.1, 0.15) is 28.4 Å². The fraction of sp³-hybridized carbons (Fsp3) is 0.200. The van der Waals surface area contributed by atoms with Crippen molar-refractivity contribution in [2.75, 3.05) is 33.0 Å². The van der Waals surface area contributed by atoms with Gasteiger partial charge >= 0.3 is 5.97 Å². The number of ether oxygens (including phenoxy) is 3. The van der Waals surface area contributed by atoms with Gasteiger partial charge in [-0.05, 0) is 71.1 Å². The average molecular weight is 596 g/mol. The number of benzene rings is 3. The number of allylic oxidation sites excluding steroid dienone is 1. The highest BCUT2D eigenvalue weighted by atomic mass is 16.6. The van der Waals surface area contributed by atoms with Crippen LogP contribution in [0.2, 0.25) is 0 Å². The zero-order valence-electron chi connectivity index (χ0n) is 24.4. The lowest BCUT2D eigenvalue weighted by Gasteiger charge is -2.15. The summed E-state index contributed by atoms with van der Waals surface area (Å²) in [4.78, 5) is 48.7. The van der Waals surface area contributed by atoms with E-state index >= 15 is 0 Å². The van der Waals surface area contributed by atoms with E-state index in [1.807, 2.05) is 42.5 Å². The number of hydrogen-bond donors (Lipinski definition) is 1. The maximum atomic E-state index is 12.7. The van der Waals surface area contributed by atoms with E-state index in [9.17, 15) is 19.2 Å². The largest absolute Gasteiger partial charge is 0.492 e. The molecule has 9 nitrogen and oxygen atoms in total. The number of carbonyl (C=O) groups is 4. The number of aliphatic hydroxyl groups is 1. The molecule has 3 aromatic rings. The van der Waals surface area contributed by atoms with Gasteiger partial charge in [-0.25, -0.2) is 4.79 Å². The van der Waals surface area contributed by atoms with Gasteiger partial charge in [0.25, 0.3) is 11.8 Å². The SMILES string of the molecule is C=C(CO)C(=O)OCCOc1ccc(C(=O)/C=C/c2ccc(-c3ccc(OCCN4C(=O)C=CC4=O)cc3CC)cc2)cc1. The van der Waals surface area contributed by atoms with Gasteiger partial charge < -0.3 is 19.3 Å². The van der Waals surface area contributed by atoms with Crippen LogP contribution in [-0.4, -0.2) is 66.5 Å². The molecule has 226 valence electrons. The van der Waals surface area contributed by atoms with Crippen LogP contribution in [0.3, 0.4) is 0 Å². The summed E-state index contributed by atoms with van der Waals surface area (Å²) in [6.45, 7) is 5.52. The third-order valence-electron chi connectivity index (χ3n) is 6.79. The van der Waals surface area contributed by atoms with Gasteiger partial charge in [0.1, 0.15) is 31.3 Å². The first-order chi connectivity index (χ1) is 21.3. The molecule has 0 bridgehead atoms. The Kier molecular flexibility index (Phi) is 11.0. The lowest BCUT2D eigenvalue weighted by Crippen LogP contribution is -2.33. The average Bonchev–Trinajstić information content (AvgIpc) is 3.38. The van der Waals surface area contributed by atoms with Crippen molar-refractivity contribution < 1.29 is 38.5 Å². The molecular weight excluding hydrogens is 562 g/mol. The quantitative estimate of drug-likeness (QED) is 0.0891. The number of nitrogens with zero attached hydrogens (tertiary/aromatic N) is 1. The normalized spacial score (nSPS) is 12.5. The van der Waals surface area contributed by atoms with Gasteiger partial charge in [0.2, 0.25) is 0 Å². The van der Waals surface area contributed by atoms with Gasteiger partial charge in [-0.3, -0.25) is 19.3 Å². The van der Waals surface area contributed by atoms with E-state index in [1.165, 1.54) is 18.2 Å². The summed E-state index contributed by atoms with van der Waals surface area (Å²) in [6, 6.07) is 20.4. The summed E-state index contributed by atoms with van der Waals surface area (Å²) in [6.07, 6.45) is 6.58. The Morgan fingerprint density at radius 1 is 0.864 bits per heavy atom. The number of amides is 2. The summed E-state index contributed by atoms with van der Waals surface area (Å²) in [7, 11) is 0. The second-order valence-electron chi connectivity index (χ2n) is 9.77. The van der Waals surface area contributed by atoms with E-state index < -0.39 is 12.6 Å². The molecule has 0 spiro atoms. The minimum Gasteiger partial charge on any atom is -0.492 e. The molecule has 1 heterocycles. The first-order valence-corrected chi connectivity index (χ1v) is 14.1. The van der Waals surface area contributed by atoms with E-state index in [-0.39, 0.29) is 49.5 Å². The fourth-order valence-electron chi connectivity index (χ4n) is 4.36. The van der Waals surface area contributed by atoms with Crippen LogP contribution >= 0.6 is 0 Å². The molecule has 1 aliphatic heterocycles. The second-order valence-corrected chi connectivity index (χ2v) is 9.77. The molecule has 0 aromatic heterocycles. The molecule has 0 unspecified atom stereocenters. The molecule has 0 atom stereocenters. The summed E-state index contributed by atoms with van der Waals surface area (Å²) in [5.41, 5.74) is 4.54. The Morgan fingerprint density at radius 3 is 2.18 bits per heavy atom. The van der Waals surface area contributed by atoms with E-state index in [0.717, 1.165) is 33.6 Å². The number of esters is 1. The number of aliphatic hydroxyl groups excluding tert-OH is 1. The van der Waals surface area contributed by atoms with Crippen molar-refractivity contribution in [1.29, 1.82) is 0 Å². The fourth-order valence-corrected chi connectivity index (χ4v) is 4.36. The number of rotatable bonds is 15. The predicted molar refractivity (Wildman–Crippen MR) is 165 cm³/mol. The molecule has 0 aliphatic carbocycles. The van der Waals surface area contributed by atoms with Crippen molar-refractivity contribution in [3.63, 3.8) is 0 Å². The summed E-state index contributed by atoms with van der Waals surface area (Å²) >= 11 is 0. The van der Waals surface area contributed by atoms with E-state index in [1.54, 1.807) is 30.3 Å². The van der Waals surface area contributed by atoms with Crippen molar-refractivity contribution in [3.8, 4) is 22.6 Å². The minimum atomic E-state index is -0.673. The van der Waals surface area contributed by atoms with Gasteiger partial charge in [0, 0.05) is 17.7 Å². The van der Waals surface area contributed by atoms with Crippen LogP contribution in [-0.2, 0) is 25.5 Å². The lowest BCUT2D eigenvalue weighted by atomic mass is 9.97. The number of ketones is 1. The smallest absolute Gasteiger partial charge is 0.335 e. The molecule has 44 heavy (non-hydrogen) atoms. The van der Waals surface area contributed by atoms with Crippen molar-refractivity contribution in [2.24, 2.45) is 0 Å². The molecule has 1 N–H and O–H groups in total. The van der Waals surface area contributed by atoms with Gasteiger partial charge in [0.05, 0.1) is 18.7 Å². The Hall–Kier alpha value is -5.28. The predicted octanol–water partition coefficient (Wildman–Crippen LogP) is 4.59. The number of aryl methyl sites for hydroxylation is 1. The van der Waals surface area contributed by atoms with E-state index in [0.29, 0.717) is 17.1 Å². The van der Waals surface area contributed by atoms with Gasteiger partial charge in [-0.1, -0.05) is 49.9 Å². The minimum absolute atomic E-state index is 0.00483. The van der Waals surface area contributed by atoms with Gasteiger partial charge in [-0.2, -0.15) is 0 Å². The van der Waals surface area contributed by atoms with Crippen LogP contribution < -0.4 is 9.47 Å². The Bertz CT molecular complexity index is 1570. The topological polar surface area (TPSA) is 119 Å². The molecule has 3 aromatic carbocycles. The van der Waals surface area contributed by atoms with Crippen LogP contribution in [0.5, 0.6) is 11.5 Å².